The number of aromatic nitrogens is 2. The van der Waals surface area contributed by atoms with Gasteiger partial charge in [-0.2, -0.15) is 0 Å². The Labute approximate surface area is 146 Å². The van der Waals surface area contributed by atoms with E-state index in [4.69, 9.17) is 0 Å². The summed E-state index contributed by atoms with van der Waals surface area (Å²) >= 11 is 0. The number of rotatable bonds is 4. The number of aryl methyl sites for hydroxylation is 1. The molecule has 0 bridgehead atoms. The molecule has 1 saturated carbocycles. The third-order valence-electron chi connectivity index (χ3n) is 5.06. The second-order valence-corrected chi connectivity index (χ2v) is 6.76. The molecule has 3 aromatic rings. The standard InChI is InChI=1S/C20H21N3O2/c1-23-12-16(15-6-2-3-8-18(15)23)20(25)22-19(13-10-14(24)11-13)17-7-4-5-9-21-17/h2-9,12-14,19,24H,10-11H2,1H3,(H,22,25)/t13?,14?,19-/m0/s1. The summed E-state index contributed by atoms with van der Waals surface area (Å²) < 4.78 is 1.97. The van der Waals surface area contributed by atoms with E-state index < -0.39 is 0 Å². The van der Waals surface area contributed by atoms with Crippen LogP contribution in [-0.2, 0) is 7.05 Å². The molecule has 1 aliphatic rings. The maximum absolute atomic E-state index is 13.0. The number of hydrogen-bond donors (Lipinski definition) is 2. The molecular weight excluding hydrogens is 314 g/mol. The largest absolute Gasteiger partial charge is 0.393 e. The molecular formula is C20H21N3O2. The van der Waals surface area contributed by atoms with Gasteiger partial charge in [0.05, 0.1) is 23.4 Å². The fourth-order valence-electron chi connectivity index (χ4n) is 3.64. The minimum absolute atomic E-state index is 0.103. The lowest BCUT2D eigenvalue weighted by Gasteiger charge is -2.37. The van der Waals surface area contributed by atoms with Gasteiger partial charge in [0.25, 0.3) is 5.91 Å². The first-order chi connectivity index (χ1) is 12.1. The third-order valence-corrected chi connectivity index (χ3v) is 5.06. The number of aliphatic hydroxyl groups excluding tert-OH is 1. The monoisotopic (exact) mass is 335 g/mol. The van der Waals surface area contributed by atoms with Crippen LogP contribution < -0.4 is 5.32 Å². The fraction of sp³-hybridized carbons (Fsp3) is 0.300. The molecule has 2 N–H and O–H groups in total. The van der Waals surface area contributed by atoms with Gasteiger partial charge in [-0.05, 0) is 37.0 Å². The van der Waals surface area contributed by atoms with Crippen molar-refractivity contribution in [3.8, 4) is 0 Å². The number of carbonyl (C=O) groups excluding carboxylic acids is 1. The highest BCUT2D eigenvalue weighted by Crippen LogP contribution is 2.37. The topological polar surface area (TPSA) is 67.2 Å². The van der Waals surface area contributed by atoms with Crippen LogP contribution in [-0.4, -0.2) is 26.7 Å². The molecule has 25 heavy (non-hydrogen) atoms. The predicted octanol–water partition coefficient (Wildman–Crippen LogP) is 2.82. The van der Waals surface area contributed by atoms with Crippen LogP contribution in [0.15, 0.2) is 54.9 Å². The number of carbonyl (C=O) groups is 1. The number of nitrogens with one attached hydrogen (secondary N) is 1. The summed E-state index contributed by atoms with van der Waals surface area (Å²) in [6.45, 7) is 0. The zero-order valence-corrected chi connectivity index (χ0v) is 14.1. The smallest absolute Gasteiger partial charge is 0.254 e. The molecule has 2 aromatic heterocycles. The van der Waals surface area contributed by atoms with Crippen molar-refractivity contribution >= 4 is 16.8 Å². The Morgan fingerprint density at radius 3 is 2.72 bits per heavy atom. The second kappa shape index (κ2) is 6.33. The summed E-state index contributed by atoms with van der Waals surface area (Å²) in [6.07, 6.45) is 4.71. The average molecular weight is 335 g/mol. The highest BCUT2D eigenvalue weighted by Gasteiger charge is 2.36. The van der Waals surface area contributed by atoms with Gasteiger partial charge < -0.3 is 15.0 Å². The van der Waals surface area contributed by atoms with Gasteiger partial charge in [-0.3, -0.25) is 9.78 Å². The quantitative estimate of drug-likeness (QED) is 0.770. The van der Waals surface area contributed by atoms with Crippen molar-refractivity contribution in [3.63, 3.8) is 0 Å². The van der Waals surface area contributed by atoms with Gasteiger partial charge in [0.15, 0.2) is 0 Å². The van der Waals surface area contributed by atoms with E-state index in [9.17, 15) is 9.90 Å². The number of para-hydroxylation sites is 1. The van der Waals surface area contributed by atoms with Gasteiger partial charge in [-0.25, -0.2) is 0 Å². The lowest BCUT2D eigenvalue weighted by Crippen LogP contribution is -2.41. The van der Waals surface area contributed by atoms with E-state index in [-0.39, 0.29) is 24.0 Å². The Bertz CT molecular complexity index is 898. The Kier molecular flexibility index (Phi) is 4.01. The molecule has 5 heteroatoms. The first-order valence-corrected chi connectivity index (χ1v) is 8.57. The Hall–Kier alpha value is -2.66. The van der Waals surface area contributed by atoms with Crippen molar-refractivity contribution in [1.82, 2.24) is 14.9 Å². The Morgan fingerprint density at radius 2 is 2.00 bits per heavy atom. The van der Waals surface area contributed by atoms with Crippen molar-refractivity contribution in [2.24, 2.45) is 13.0 Å². The number of amides is 1. The molecule has 0 aliphatic heterocycles. The number of fused-ring (bicyclic) bond motifs is 1. The molecule has 0 radical (unpaired) electrons. The molecule has 128 valence electrons. The Balaban J connectivity index is 1.64. The average Bonchev–Trinajstić information content (AvgIpc) is 2.95. The normalized spacial score (nSPS) is 20.9. The van der Waals surface area contributed by atoms with Crippen molar-refractivity contribution < 1.29 is 9.90 Å². The summed E-state index contributed by atoms with van der Waals surface area (Å²) in [5.41, 5.74) is 2.54. The minimum atomic E-state index is -0.273. The maximum atomic E-state index is 13.0. The van der Waals surface area contributed by atoms with Gasteiger partial charge >= 0.3 is 0 Å². The van der Waals surface area contributed by atoms with Crippen LogP contribution in [0.5, 0.6) is 0 Å². The van der Waals surface area contributed by atoms with Gasteiger partial charge in [-0.1, -0.05) is 24.3 Å². The number of aliphatic hydroxyl groups is 1. The van der Waals surface area contributed by atoms with E-state index in [2.05, 4.69) is 10.3 Å². The highest BCUT2D eigenvalue weighted by molar-refractivity contribution is 6.07. The molecule has 5 nitrogen and oxygen atoms in total. The number of benzene rings is 1. The Morgan fingerprint density at radius 1 is 1.24 bits per heavy atom. The van der Waals surface area contributed by atoms with Crippen LogP contribution in [0.3, 0.4) is 0 Å². The summed E-state index contributed by atoms with van der Waals surface area (Å²) in [4.78, 5) is 17.4. The predicted molar refractivity (Wildman–Crippen MR) is 96.1 cm³/mol. The molecule has 1 aromatic carbocycles. The van der Waals surface area contributed by atoms with Crippen molar-refractivity contribution in [2.45, 2.75) is 25.0 Å². The summed E-state index contributed by atoms with van der Waals surface area (Å²) in [6, 6.07) is 13.4. The van der Waals surface area contributed by atoms with E-state index in [0.717, 1.165) is 16.6 Å². The van der Waals surface area contributed by atoms with Crippen LogP contribution in [0.1, 0.15) is 34.9 Å². The summed E-state index contributed by atoms with van der Waals surface area (Å²) in [5, 5.41) is 13.8. The summed E-state index contributed by atoms with van der Waals surface area (Å²) in [7, 11) is 1.94. The van der Waals surface area contributed by atoms with Crippen LogP contribution >= 0.6 is 0 Å². The van der Waals surface area contributed by atoms with Crippen LogP contribution in [0.25, 0.3) is 10.9 Å². The van der Waals surface area contributed by atoms with E-state index >= 15 is 0 Å². The molecule has 1 atom stereocenters. The van der Waals surface area contributed by atoms with Crippen molar-refractivity contribution in [3.05, 3.63) is 66.1 Å². The first-order valence-electron chi connectivity index (χ1n) is 8.57. The van der Waals surface area contributed by atoms with Crippen LogP contribution in [0, 0.1) is 5.92 Å². The molecule has 1 aliphatic carbocycles. The molecule has 0 unspecified atom stereocenters. The highest BCUT2D eigenvalue weighted by atomic mass is 16.3. The lowest BCUT2D eigenvalue weighted by atomic mass is 9.76. The second-order valence-electron chi connectivity index (χ2n) is 6.76. The van der Waals surface area contributed by atoms with E-state index in [1.807, 2.05) is 60.3 Å². The maximum Gasteiger partial charge on any atom is 0.254 e. The van der Waals surface area contributed by atoms with Crippen LogP contribution in [0.4, 0.5) is 0 Å². The zero-order chi connectivity index (χ0) is 17.4. The first kappa shape index (κ1) is 15.8. The number of nitrogens with zero attached hydrogens (tertiary/aromatic N) is 2. The molecule has 1 amide bonds. The minimum Gasteiger partial charge on any atom is -0.393 e. The molecule has 0 spiro atoms. The molecule has 0 saturated heterocycles. The van der Waals surface area contributed by atoms with E-state index in [0.29, 0.717) is 18.4 Å². The fourth-order valence-corrected chi connectivity index (χ4v) is 3.64. The zero-order valence-electron chi connectivity index (χ0n) is 14.1. The SMILES string of the molecule is Cn1cc(C(=O)N[C@H](c2ccccn2)C2CC(O)C2)c2ccccc21. The van der Waals surface area contributed by atoms with Gasteiger partial charge in [-0.15, -0.1) is 0 Å². The number of pyridine rings is 1. The van der Waals surface area contributed by atoms with Crippen molar-refractivity contribution in [1.29, 1.82) is 0 Å². The van der Waals surface area contributed by atoms with Gasteiger partial charge in [0.2, 0.25) is 0 Å². The van der Waals surface area contributed by atoms with E-state index in [1.54, 1.807) is 6.20 Å². The molecule has 2 heterocycles. The molecule has 1 fully saturated rings. The summed E-state index contributed by atoms with van der Waals surface area (Å²) in [5.74, 6) is 0.109. The number of hydrogen-bond acceptors (Lipinski definition) is 3. The van der Waals surface area contributed by atoms with Crippen molar-refractivity contribution in [2.75, 3.05) is 0 Å². The van der Waals surface area contributed by atoms with Gasteiger partial charge in [0, 0.05) is 30.3 Å². The third kappa shape index (κ3) is 2.91. The van der Waals surface area contributed by atoms with E-state index in [1.165, 1.54) is 0 Å². The van der Waals surface area contributed by atoms with Crippen LogP contribution in [0.2, 0.25) is 0 Å². The lowest BCUT2D eigenvalue weighted by molar-refractivity contribution is 0.0228. The molecule has 4 rings (SSSR count). The van der Waals surface area contributed by atoms with Gasteiger partial charge in [0.1, 0.15) is 0 Å².